The van der Waals surface area contributed by atoms with Crippen molar-refractivity contribution < 1.29 is 17.9 Å². The normalized spacial score (nSPS) is 13.9. The highest BCUT2D eigenvalue weighted by Crippen LogP contribution is 2.28. The number of nitrogens with zero attached hydrogens (tertiary/aromatic N) is 1. The van der Waals surface area contributed by atoms with Crippen LogP contribution in [0.2, 0.25) is 10.0 Å². The molecule has 0 aromatic heterocycles. The van der Waals surface area contributed by atoms with E-state index in [0.29, 0.717) is 25.2 Å². The summed E-state index contributed by atoms with van der Waals surface area (Å²) in [5.74, 6) is 0. The minimum absolute atomic E-state index is 0.0803. The van der Waals surface area contributed by atoms with E-state index in [2.05, 4.69) is 4.72 Å². The number of carbonyl (C=O) groups is 1. The van der Waals surface area contributed by atoms with Crippen LogP contribution in [0.1, 0.15) is 11.1 Å². The van der Waals surface area contributed by atoms with Gasteiger partial charge in [0.15, 0.2) is 0 Å². The van der Waals surface area contributed by atoms with Crippen molar-refractivity contribution in [1.82, 2.24) is 4.90 Å². The number of sulfonamides is 1. The number of benzene rings is 2. The summed E-state index contributed by atoms with van der Waals surface area (Å²) in [5.41, 5.74) is 2.31. The molecule has 1 amide bonds. The molecule has 0 spiro atoms. The molecule has 138 valence electrons. The Hall–Kier alpha value is -1.96. The molecule has 6 nitrogen and oxygen atoms in total. The van der Waals surface area contributed by atoms with Gasteiger partial charge < -0.3 is 9.64 Å². The number of halogens is 2. The summed E-state index contributed by atoms with van der Waals surface area (Å²) in [6, 6.07) is 9.48. The van der Waals surface area contributed by atoms with Crippen molar-refractivity contribution in [2.24, 2.45) is 0 Å². The Labute approximate surface area is 161 Å². The molecular weight excluding hydrogens is 399 g/mol. The molecule has 1 aliphatic heterocycles. The fraction of sp³-hybridized carbons (Fsp3) is 0.235. The predicted octanol–water partition coefficient (Wildman–Crippen LogP) is 3.92. The summed E-state index contributed by atoms with van der Waals surface area (Å²) in [5, 5.41) is 0.352. The van der Waals surface area contributed by atoms with E-state index in [1.165, 1.54) is 25.3 Å². The van der Waals surface area contributed by atoms with Crippen molar-refractivity contribution in [2.75, 3.05) is 18.4 Å². The number of hydrogen-bond acceptors (Lipinski definition) is 4. The molecule has 1 N–H and O–H groups in total. The summed E-state index contributed by atoms with van der Waals surface area (Å²) in [4.78, 5) is 13.2. The number of carbonyl (C=O) groups excluding carboxylic acids is 1. The van der Waals surface area contributed by atoms with Gasteiger partial charge in [0, 0.05) is 23.8 Å². The van der Waals surface area contributed by atoms with E-state index in [1.54, 1.807) is 17.0 Å². The Morgan fingerprint density at radius 3 is 2.65 bits per heavy atom. The van der Waals surface area contributed by atoms with Crippen LogP contribution in [-0.2, 0) is 27.7 Å². The number of fused-ring (bicyclic) bond motifs is 1. The predicted molar refractivity (Wildman–Crippen MR) is 100 cm³/mol. The zero-order chi connectivity index (χ0) is 18.9. The minimum atomic E-state index is -3.90. The number of amides is 1. The number of ether oxygens (including phenoxy) is 1. The Bertz CT molecular complexity index is 963. The lowest BCUT2D eigenvalue weighted by molar-refractivity contribution is 0.118. The second kappa shape index (κ2) is 7.34. The Kier molecular flexibility index (Phi) is 5.32. The van der Waals surface area contributed by atoms with Crippen LogP contribution in [0, 0.1) is 0 Å². The number of methoxy groups -OCH3 is 1. The van der Waals surface area contributed by atoms with Crippen LogP contribution in [-0.4, -0.2) is 33.1 Å². The summed E-state index contributed by atoms with van der Waals surface area (Å²) in [7, 11) is -2.57. The lowest BCUT2D eigenvalue weighted by Crippen LogP contribution is -2.35. The van der Waals surface area contributed by atoms with Gasteiger partial charge in [0.1, 0.15) is 4.90 Å². The SMILES string of the molecule is COC(=O)N1CCc2ccc(NS(=O)(=O)c3cc(Cl)ccc3Cl)cc2C1. The molecule has 0 atom stereocenters. The highest BCUT2D eigenvalue weighted by atomic mass is 35.5. The smallest absolute Gasteiger partial charge is 0.409 e. The van der Waals surface area contributed by atoms with E-state index >= 15 is 0 Å². The van der Waals surface area contributed by atoms with Gasteiger partial charge in [-0.05, 0) is 47.9 Å². The van der Waals surface area contributed by atoms with Gasteiger partial charge in [0.25, 0.3) is 10.0 Å². The molecule has 9 heteroatoms. The van der Waals surface area contributed by atoms with Crippen LogP contribution in [0.5, 0.6) is 0 Å². The van der Waals surface area contributed by atoms with Gasteiger partial charge >= 0.3 is 6.09 Å². The molecule has 26 heavy (non-hydrogen) atoms. The Morgan fingerprint density at radius 2 is 1.92 bits per heavy atom. The van der Waals surface area contributed by atoms with Crippen molar-refractivity contribution in [3.8, 4) is 0 Å². The van der Waals surface area contributed by atoms with Crippen LogP contribution in [0.4, 0.5) is 10.5 Å². The topological polar surface area (TPSA) is 75.7 Å². The molecule has 0 saturated heterocycles. The zero-order valence-electron chi connectivity index (χ0n) is 13.8. The van der Waals surface area contributed by atoms with Crippen molar-refractivity contribution in [1.29, 1.82) is 0 Å². The van der Waals surface area contributed by atoms with E-state index < -0.39 is 16.1 Å². The van der Waals surface area contributed by atoms with E-state index in [9.17, 15) is 13.2 Å². The maximum Gasteiger partial charge on any atom is 0.409 e. The molecular formula is C17H16Cl2N2O4S. The molecule has 0 radical (unpaired) electrons. The minimum Gasteiger partial charge on any atom is -0.453 e. The average molecular weight is 415 g/mol. The fourth-order valence-corrected chi connectivity index (χ4v) is 4.61. The van der Waals surface area contributed by atoms with Crippen molar-refractivity contribution in [3.63, 3.8) is 0 Å². The van der Waals surface area contributed by atoms with Crippen molar-refractivity contribution >= 4 is 45.0 Å². The summed E-state index contributed by atoms with van der Waals surface area (Å²) < 4.78 is 32.5. The van der Waals surface area contributed by atoms with Gasteiger partial charge in [-0.3, -0.25) is 4.72 Å². The van der Waals surface area contributed by atoms with Gasteiger partial charge in [-0.1, -0.05) is 29.3 Å². The third-order valence-electron chi connectivity index (χ3n) is 4.09. The average Bonchev–Trinajstić information content (AvgIpc) is 2.62. The van der Waals surface area contributed by atoms with Gasteiger partial charge in [-0.25, -0.2) is 13.2 Å². The van der Waals surface area contributed by atoms with Crippen LogP contribution >= 0.6 is 23.2 Å². The standard InChI is InChI=1S/C17H16Cl2N2O4S/c1-25-17(22)21-7-6-11-2-4-14(8-12(11)10-21)20-26(23,24)16-9-13(18)3-5-15(16)19/h2-5,8-9,20H,6-7,10H2,1H3. The number of anilines is 1. The van der Waals surface area contributed by atoms with Crippen LogP contribution in [0.15, 0.2) is 41.3 Å². The van der Waals surface area contributed by atoms with E-state index in [0.717, 1.165) is 11.1 Å². The summed E-state index contributed by atoms with van der Waals surface area (Å²) in [6.45, 7) is 0.915. The maximum atomic E-state index is 12.6. The number of rotatable bonds is 3. The Balaban J connectivity index is 1.87. The molecule has 0 aliphatic carbocycles. The van der Waals surface area contributed by atoms with E-state index in [-0.39, 0.29) is 14.9 Å². The lowest BCUT2D eigenvalue weighted by atomic mass is 9.99. The first-order valence-corrected chi connectivity index (χ1v) is 9.96. The molecule has 0 bridgehead atoms. The van der Waals surface area contributed by atoms with Gasteiger partial charge in [-0.2, -0.15) is 0 Å². The number of nitrogens with one attached hydrogen (secondary N) is 1. The van der Waals surface area contributed by atoms with Crippen LogP contribution in [0.25, 0.3) is 0 Å². The summed E-state index contributed by atoms with van der Waals surface area (Å²) in [6.07, 6.45) is 0.268. The van der Waals surface area contributed by atoms with Gasteiger partial charge in [0.2, 0.25) is 0 Å². The van der Waals surface area contributed by atoms with Crippen molar-refractivity contribution in [3.05, 3.63) is 57.6 Å². The third kappa shape index (κ3) is 3.90. The first-order chi connectivity index (χ1) is 12.3. The highest BCUT2D eigenvalue weighted by molar-refractivity contribution is 7.92. The van der Waals surface area contributed by atoms with Crippen LogP contribution < -0.4 is 4.72 Å². The fourth-order valence-electron chi connectivity index (χ4n) is 2.80. The molecule has 2 aromatic carbocycles. The van der Waals surface area contributed by atoms with Crippen LogP contribution in [0.3, 0.4) is 0 Å². The summed E-state index contributed by atoms with van der Waals surface area (Å²) >= 11 is 11.9. The molecule has 0 fully saturated rings. The second-order valence-electron chi connectivity index (χ2n) is 5.81. The zero-order valence-corrected chi connectivity index (χ0v) is 16.2. The third-order valence-corrected chi connectivity index (χ3v) is 6.18. The van der Waals surface area contributed by atoms with Crippen molar-refractivity contribution in [2.45, 2.75) is 17.9 Å². The monoisotopic (exact) mass is 414 g/mol. The van der Waals surface area contributed by atoms with Gasteiger partial charge in [-0.15, -0.1) is 0 Å². The van der Waals surface area contributed by atoms with Gasteiger partial charge in [0.05, 0.1) is 12.1 Å². The Morgan fingerprint density at radius 1 is 1.15 bits per heavy atom. The van der Waals surface area contributed by atoms with E-state index in [1.807, 2.05) is 6.07 Å². The first-order valence-electron chi connectivity index (χ1n) is 7.73. The second-order valence-corrected chi connectivity index (χ2v) is 8.30. The first kappa shape index (κ1) is 18.8. The molecule has 2 aromatic rings. The lowest BCUT2D eigenvalue weighted by Gasteiger charge is -2.28. The number of hydrogen-bond donors (Lipinski definition) is 1. The molecule has 3 rings (SSSR count). The quantitative estimate of drug-likeness (QED) is 0.825. The van der Waals surface area contributed by atoms with E-state index in [4.69, 9.17) is 27.9 Å². The molecule has 0 unspecified atom stereocenters. The highest BCUT2D eigenvalue weighted by Gasteiger charge is 2.23. The maximum absolute atomic E-state index is 12.6. The molecule has 1 heterocycles. The molecule has 0 saturated carbocycles. The molecule has 1 aliphatic rings. The largest absolute Gasteiger partial charge is 0.453 e.